The molecule has 2 aliphatic rings. The van der Waals surface area contributed by atoms with Crippen molar-refractivity contribution in [3.05, 3.63) is 36.1 Å². The third-order valence-corrected chi connectivity index (χ3v) is 4.79. The van der Waals surface area contributed by atoms with E-state index in [-0.39, 0.29) is 0 Å². The molecule has 3 atom stereocenters. The van der Waals surface area contributed by atoms with E-state index in [9.17, 15) is 0 Å². The van der Waals surface area contributed by atoms with E-state index in [1.165, 1.54) is 6.42 Å². The lowest BCUT2D eigenvalue weighted by molar-refractivity contribution is 0.0992. The largest absolute Gasteiger partial charge is 0.461 e. The van der Waals surface area contributed by atoms with Gasteiger partial charge in [0.1, 0.15) is 11.3 Å². The summed E-state index contributed by atoms with van der Waals surface area (Å²) in [5.41, 5.74) is 0.948. The molecule has 5 heteroatoms. The summed E-state index contributed by atoms with van der Waals surface area (Å²) >= 11 is 0. The molecule has 2 bridgehead atoms. The van der Waals surface area contributed by atoms with E-state index in [0.29, 0.717) is 18.2 Å². The van der Waals surface area contributed by atoms with Gasteiger partial charge in [0.2, 0.25) is 0 Å². The van der Waals surface area contributed by atoms with Crippen molar-refractivity contribution in [1.29, 1.82) is 0 Å². The normalized spacial score (nSPS) is 26.8. The first-order chi connectivity index (χ1) is 11.3. The summed E-state index contributed by atoms with van der Waals surface area (Å²) in [5.74, 6) is 1.85. The van der Waals surface area contributed by atoms with E-state index >= 15 is 0 Å². The molecule has 3 unspecified atom stereocenters. The molecule has 4 rings (SSSR count). The number of hydrogen-bond donors (Lipinski definition) is 2. The first-order valence-electron chi connectivity index (χ1n) is 8.42. The number of nitrogens with zero attached hydrogens (tertiary/aromatic N) is 1. The number of para-hydroxylation sites is 1. The Balaban J connectivity index is 1.29. The van der Waals surface area contributed by atoms with Gasteiger partial charge in [0, 0.05) is 25.4 Å². The van der Waals surface area contributed by atoms with E-state index in [1.807, 2.05) is 25.2 Å². The van der Waals surface area contributed by atoms with Crippen molar-refractivity contribution < 1.29 is 9.15 Å². The molecule has 1 aromatic carbocycles. The van der Waals surface area contributed by atoms with Crippen LogP contribution in [0, 0.1) is 0 Å². The molecule has 2 N–H and O–H groups in total. The second-order valence-corrected chi connectivity index (χ2v) is 6.36. The highest BCUT2D eigenvalue weighted by Crippen LogP contribution is 2.34. The topological polar surface area (TPSA) is 58.8 Å². The Kier molecular flexibility index (Phi) is 3.95. The summed E-state index contributed by atoms with van der Waals surface area (Å²) in [5, 5.41) is 8.02. The van der Waals surface area contributed by atoms with Crippen molar-refractivity contribution in [2.45, 2.75) is 43.9 Å². The number of rotatable bonds is 4. The maximum absolute atomic E-state index is 5.88. The van der Waals surface area contributed by atoms with Crippen LogP contribution in [0.1, 0.15) is 25.0 Å². The maximum Gasteiger partial charge on any atom is 0.191 e. The molecule has 0 radical (unpaired) electrons. The third-order valence-electron chi connectivity index (χ3n) is 4.79. The van der Waals surface area contributed by atoms with Crippen LogP contribution < -0.4 is 10.6 Å². The average molecular weight is 313 g/mol. The SMILES string of the molecule is CN=C(NCCc1cc2ccccc2o1)NC1CC2CCC1O2. The number of ether oxygens (including phenoxy) is 1. The Morgan fingerprint density at radius 1 is 1.30 bits per heavy atom. The van der Waals surface area contributed by atoms with Gasteiger partial charge in [-0.1, -0.05) is 18.2 Å². The molecule has 0 saturated carbocycles. The molecule has 2 saturated heterocycles. The number of nitrogens with one attached hydrogen (secondary N) is 2. The van der Waals surface area contributed by atoms with Crippen molar-refractivity contribution in [1.82, 2.24) is 10.6 Å². The molecule has 23 heavy (non-hydrogen) atoms. The highest BCUT2D eigenvalue weighted by atomic mass is 16.5. The van der Waals surface area contributed by atoms with Gasteiger partial charge in [0.15, 0.2) is 5.96 Å². The van der Waals surface area contributed by atoms with E-state index < -0.39 is 0 Å². The standard InChI is InChI=1S/C18H23N3O2/c1-19-18(21-15-11-13-6-7-17(15)23-13)20-9-8-14-10-12-4-2-3-5-16(12)22-14/h2-5,10,13,15,17H,6-9,11H2,1H3,(H2,19,20,21). The lowest BCUT2D eigenvalue weighted by atomic mass is 9.96. The van der Waals surface area contributed by atoms with Crippen LogP contribution in [0.3, 0.4) is 0 Å². The van der Waals surface area contributed by atoms with Crippen molar-refractivity contribution in [2.75, 3.05) is 13.6 Å². The predicted molar refractivity (Wildman–Crippen MR) is 90.7 cm³/mol. The van der Waals surface area contributed by atoms with Crippen molar-refractivity contribution in [2.24, 2.45) is 4.99 Å². The number of benzene rings is 1. The van der Waals surface area contributed by atoms with Gasteiger partial charge in [0.05, 0.1) is 18.2 Å². The molecular weight excluding hydrogens is 290 g/mol. The summed E-state index contributed by atoms with van der Waals surface area (Å²) in [6.07, 6.45) is 5.11. The van der Waals surface area contributed by atoms with Gasteiger partial charge in [0.25, 0.3) is 0 Å². The second-order valence-electron chi connectivity index (χ2n) is 6.36. The van der Waals surface area contributed by atoms with Gasteiger partial charge in [-0.3, -0.25) is 4.99 Å². The van der Waals surface area contributed by atoms with Crippen LogP contribution in [-0.2, 0) is 11.2 Å². The van der Waals surface area contributed by atoms with Gasteiger partial charge in [-0.05, 0) is 31.4 Å². The monoisotopic (exact) mass is 313 g/mol. The third kappa shape index (κ3) is 3.06. The summed E-state index contributed by atoms with van der Waals surface area (Å²) < 4.78 is 11.7. The highest BCUT2D eigenvalue weighted by molar-refractivity contribution is 5.80. The zero-order chi connectivity index (χ0) is 15.6. The predicted octanol–water partition coefficient (Wildman–Crippen LogP) is 2.46. The minimum Gasteiger partial charge on any atom is -0.461 e. The Hall–Kier alpha value is -2.01. The van der Waals surface area contributed by atoms with E-state index in [1.54, 1.807) is 0 Å². The number of fused-ring (bicyclic) bond motifs is 3. The lowest BCUT2D eigenvalue weighted by Gasteiger charge is -2.22. The van der Waals surface area contributed by atoms with Crippen LogP contribution in [0.2, 0.25) is 0 Å². The second kappa shape index (κ2) is 6.24. The molecule has 2 fully saturated rings. The minimum atomic E-state index is 0.355. The summed E-state index contributed by atoms with van der Waals surface area (Å²) in [7, 11) is 1.81. The molecule has 0 amide bonds. The Morgan fingerprint density at radius 2 is 2.22 bits per heavy atom. The van der Waals surface area contributed by atoms with E-state index in [0.717, 1.165) is 48.5 Å². The molecular formula is C18H23N3O2. The minimum absolute atomic E-state index is 0.355. The van der Waals surface area contributed by atoms with Crippen molar-refractivity contribution in [3.63, 3.8) is 0 Å². The van der Waals surface area contributed by atoms with Gasteiger partial charge < -0.3 is 19.8 Å². The average Bonchev–Trinajstić information content (AvgIpc) is 3.28. The summed E-state index contributed by atoms with van der Waals surface area (Å²) in [4.78, 5) is 4.32. The first kappa shape index (κ1) is 14.6. The Bertz CT molecular complexity index is 676. The Labute approximate surface area is 136 Å². The van der Waals surface area contributed by atoms with Crippen LogP contribution >= 0.6 is 0 Å². The number of furan rings is 1. The highest BCUT2D eigenvalue weighted by Gasteiger charge is 2.41. The van der Waals surface area contributed by atoms with Gasteiger partial charge >= 0.3 is 0 Å². The number of guanidine groups is 1. The van der Waals surface area contributed by atoms with E-state index in [4.69, 9.17) is 9.15 Å². The van der Waals surface area contributed by atoms with E-state index in [2.05, 4.69) is 27.8 Å². The molecule has 122 valence electrons. The number of hydrogen-bond acceptors (Lipinski definition) is 3. The van der Waals surface area contributed by atoms with Crippen LogP contribution in [0.4, 0.5) is 0 Å². The van der Waals surface area contributed by atoms with Gasteiger partial charge in [-0.25, -0.2) is 0 Å². The number of aliphatic imine (C=N–C) groups is 1. The molecule has 2 aromatic rings. The molecule has 1 aromatic heterocycles. The van der Waals surface area contributed by atoms with Crippen molar-refractivity contribution in [3.8, 4) is 0 Å². The van der Waals surface area contributed by atoms with Crippen LogP contribution in [-0.4, -0.2) is 37.8 Å². The van der Waals surface area contributed by atoms with Gasteiger partial charge in [-0.2, -0.15) is 0 Å². The molecule has 3 heterocycles. The first-order valence-corrected chi connectivity index (χ1v) is 8.42. The van der Waals surface area contributed by atoms with Crippen LogP contribution in [0.5, 0.6) is 0 Å². The summed E-state index contributed by atoms with van der Waals surface area (Å²) in [6.45, 7) is 0.793. The molecule has 2 aliphatic heterocycles. The fourth-order valence-corrected chi connectivity index (χ4v) is 3.62. The lowest BCUT2D eigenvalue weighted by Crippen LogP contribution is -2.47. The zero-order valence-corrected chi connectivity index (χ0v) is 13.4. The summed E-state index contributed by atoms with van der Waals surface area (Å²) in [6, 6.07) is 10.6. The van der Waals surface area contributed by atoms with Crippen molar-refractivity contribution >= 4 is 16.9 Å². The zero-order valence-electron chi connectivity index (χ0n) is 13.4. The van der Waals surface area contributed by atoms with Gasteiger partial charge in [-0.15, -0.1) is 0 Å². The van der Waals surface area contributed by atoms with Crippen LogP contribution in [0.15, 0.2) is 39.7 Å². The molecule has 5 nitrogen and oxygen atoms in total. The fraction of sp³-hybridized carbons (Fsp3) is 0.500. The molecule has 0 spiro atoms. The maximum atomic E-state index is 5.88. The Morgan fingerprint density at radius 3 is 2.96 bits per heavy atom. The van der Waals surface area contributed by atoms with Crippen LogP contribution in [0.25, 0.3) is 11.0 Å². The fourth-order valence-electron chi connectivity index (χ4n) is 3.62. The quantitative estimate of drug-likeness (QED) is 0.672. The smallest absolute Gasteiger partial charge is 0.191 e. The molecule has 0 aliphatic carbocycles.